The fraction of sp³-hybridized carbons (Fsp3) is 0.417. The highest BCUT2D eigenvalue weighted by molar-refractivity contribution is 5.52. The summed E-state index contributed by atoms with van der Waals surface area (Å²) in [6, 6.07) is 3.64. The minimum Gasteiger partial charge on any atom is -0.385 e. The second kappa shape index (κ2) is 6.11. The quantitative estimate of drug-likeness (QED) is 0.722. The van der Waals surface area contributed by atoms with E-state index >= 15 is 0 Å². The molecule has 0 aromatic carbocycles. The molecule has 0 atom stereocenters. The molecule has 6 nitrogen and oxygen atoms in total. The second-order valence-electron chi connectivity index (χ2n) is 3.87. The van der Waals surface area contributed by atoms with Gasteiger partial charge in [-0.3, -0.25) is 14.1 Å². The molecule has 0 aliphatic carbocycles. The molecule has 2 aromatic heterocycles. The molecule has 2 rings (SSSR count). The number of hydrogen-bond acceptors (Lipinski definition) is 5. The van der Waals surface area contributed by atoms with Crippen LogP contribution in [-0.4, -0.2) is 28.4 Å². The van der Waals surface area contributed by atoms with Crippen LogP contribution in [0.1, 0.15) is 12.8 Å². The SMILES string of the molecule is COCCCCn1c(-c2cccnc2)noc1=O. The number of pyridine rings is 1. The maximum atomic E-state index is 11.6. The molecule has 0 fully saturated rings. The van der Waals surface area contributed by atoms with Crippen LogP contribution in [0.5, 0.6) is 0 Å². The predicted octanol–water partition coefficient (Wildman–Crippen LogP) is 1.32. The average molecular weight is 249 g/mol. The zero-order chi connectivity index (χ0) is 12.8. The lowest BCUT2D eigenvalue weighted by Gasteiger charge is -2.03. The highest BCUT2D eigenvalue weighted by atomic mass is 16.5. The van der Waals surface area contributed by atoms with E-state index in [1.165, 1.54) is 4.57 Å². The molecule has 0 aliphatic rings. The van der Waals surface area contributed by atoms with Crippen molar-refractivity contribution in [1.82, 2.24) is 14.7 Å². The molecule has 0 saturated heterocycles. The van der Waals surface area contributed by atoms with Crippen LogP contribution in [0.25, 0.3) is 11.4 Å². The van der Waals surface area contributed by atoms with Crippen LogP contribution < -0.4 is 5.76 Å². The van der Waals surface area contributed by atoms with Gasteiger partial charge < -0.3 is 4.74 Å². The van der Waals surface area contributed by atoms with Crippen molar-refractivity contribution in [2.45, 2.75) is 19.4 Å². The topological polar surface area (TPSA) is 70.2 Å². The van der Waals surface area contributed by atoms with Gasteiger partial charge in [-0.2, -0.15) is 0 Å². The van der Waals surface area contributed by atoms with E-state index in [0.29, 0.717) is 19.0 Å². The molecule has 0 aliphatic heterocycles. The first-order valence-electron chi connectivity index (χ1n) is 5.79. The third-order valence-corrected chi connectivity index (χ3v) is 2.59. The molecule has 6 heteroatoms. The van der Waals surface area contributed by atoms with Gasteiger partial charge in [0.25, 0.3) is 0 Å². The Hall–Kier alpha value is -1.95. The van der Waals surface area contributed by atoms with Crippen molar-refractivity contribution in [3.8, 4) is 11.4 Å². The summed E-state index contributed by atoms with van der Waals surface area (Å²) in [7, 11) is 1.66. The van der Waals surface area contributed by atoms with E-state index in [9.17, 15) is 4.79 Å². The Kier molecular flexibility index (Phi) is 4.25. The van der Waals surface area contributed by atoms with Crippen molar-refractivity contribution in [3.05, 3.63) is 35.1 Å². The molecule has 0 saturated carbocycles. The number of aromatic nitrogens is 3. The Bertz CT molecular complexity index is 533. The van der Waals surface area contributed by atoms with Crippen molar-refractivity contribution < 1.29 is 9.26 Å². The fourth-order valence-electron chi connectivity index (χ4n) is 1.68. The molecule has 0 bridgehead atoms. The summed E-state index contributed by atoms with van der Waals surface area (Å²) in [6.07, 6.45) is 5.05. The Balaban J connectivity index is 2.15. The molecule has 0 radical (unpaired) electrons. The fourth-order valence-corrected chi connectivity index (χ4v) is 1.68. The highest BCUT2D eigenvalue weighted by Crippen LogP contribution is 2.14. The largest absolute Gasteiger partial charge is 0.441 e. The molecule has 96 valence electrons. The van der Waals surface area contributed by atoms with Crippen LogP contribution in [0, 0.1) is 0 Å². The van der Waals surface area contributed by atoms with Gasteiger partial charge in [0.2, 0.25) is 0 Å². The van der Waals surface area contributed by atoms with Gasteiger partial charge in [0, 0.05) is 38.2 Å². The van der Waals surface area contributed by atoms with Crippen LogP contribution >= 0.6 is 0 Å². The number of unbranched alkanes of at least 4 members (excludes halogenated alkanes) is 1. The number of hydrogen-bond donors (Lipinski definition) is 0. The summed E-state index contributed by atoms with van der Waals surface area (Å²) in [6.45, 7) is 1.25. The first kappa shape index (κ1) is 12.5. The molecule has 18 heavy (non-hydrogen) atoms. The van der Waals surface area contributed by atoms with E-state index in [4.69, 9.17) is 9.26 Å². The van der Waals surface area contributed by atoms with Gasteiger partial charge in [-0.05, 0) is 25.0 Å². The monoisotopic (exact) mass is 249 g/mol. The lowest BCUT2D eigenvalue weighted by Crippen LogP contribution is -2.16. The predicted molar refractivity (Wildman–Crippen MR) is 65.1 cm³/mol. The van der Waals surface area contributed by atoms with Crippen molar-refractivity contribution in [2.75, 3.05) is 13.7 Å². The minimum absolute atomic E-state index is 0.439. The van der Waals surface area contributed by atoms with E-state index in [1.54, 1.807) is 25.6 Å². The molecular formula is C12H15N3O3. The summed E-state index contributed by atoms with van der Waals surface area (Å²) in [5.74, 6) is 0.0804. The van der Waals surface area contributed by atoms with Crippen LogP contribution in [-0.2, 0) is 11.3 Å². The Morgan fingerprint density at radius 2 is 2.33 bits per heavy atom. The number of rotatable bonds is 6. The van der Waals surface area contributed by atoms with Crippen LogP contribution in [0.15, 0.2) is 33.8 Å². The molecule has 0 spiro atoms. The lowest BCUT2D eigenvalue weighted by molar-refractivity contribution is 0.191. The Labute approximate surface area is 104 Å². The van der Waals surface area contributed by atoms with Crippen LogP contribution in [0.3, 0.4) is 0 Å². The maximum absolute atomic E-state index is 11.6. The smallest absolute Gasteiger partial charge is 0.385 e. The van der Waals surface area contributed by atoms with Crippen LogP contribution in [0.2, 0.25) is 0 Å². The minimum atomic E-state index is -0.439. The molecule has 0 amide bonds. The van der Waals surface area contributed by atoms with Gasteiger partial charge in [0.1, 0.15) is 0 Å². The van der Waals surface area contributed by atoms with Gasteiger partial charge in [-0.1, -0.05) is 5.16 Å². The lowest BCUT2D eigenvalue weighted by atomic mass is 10.2. The van der Waals surface area contributed by atoms with E-state index in [1.807, 2.05) is 6.07 Å². The van der Waals surface area contributed by atoms with Crippen molar-refractivity contribution >= 4 is 0 Å². The van der Waals surface area contributed by atoms with Crippen molar-refractivity contribution in [1.29, 1.82) is 0 Å². The zero-order valence-electron chi connectivity index (χ0n) is 10.2. The third-order valence-electron chi connectivity index (χ3n) is 2.59. The maximum Gasteiger partial charge on any atom is 0.441 e. The zero-order valence-corrected chi connectivity index (χ0v) is 10.2. The normalized spacial score (nSPS) is 10.7. The summed E-state index contributed by atoms with van der Waals surface area (Å²) in [5.41, 5.74) is 0.773. The van der Waals surface area contributed by atoms with E-state index in [0.717, 1.165) is 18.4 Å². The van der Waals surface area contributed by atoms with Gasteiger partial charge >= 0.3 is 5.76 Å². The van der Waals surface area contributed by atoms with E-state index in [-0.39, 0.29) is 0 Å². The summed E-state index contributed by atoms with van der Waals surface area (Å²) < 4.78 is 11.2. The summed E-state index contributed by atoms with van der Waals surface area (Å²) in [4.78, 5) is 15.6. The highest BCUT2D eigenvalue weighted by Gasteiger charge is 2.12. The van der Waals surface area contributed by atoms with Gasteiger partial charge in [-0.15, -0.1) is 0 Å². The first-order valence-corrected chi connectivity index (χ1v) is 5.79. The Morgan fingerprint density at radius 1 is 1.44 bits per heavy atom. The molecule has 2 heterocycles. The molecule has 0 unspecified atom stereocenters. The number of ether oxygens (including phenoxy) is 1. The second-order valence-corrected chi connectivity index (χ2v) is 3.87. The van der Waals surface area contributed by atoms with Crippen LogP contribution in [0.4, 0.5) is 0 Å². The summed E-state index contributed by atoms with van der Waals surface area (Å²) >= 11 is 0. The number of methoxy groups -OCH3 is 1. The van der Waals surface area contributed by atoms with E-state index in [2.05, 4.69) is 10.1 Å². The van der Waals surface area contributed by atoms with Gasteiger partial charge in [-0.25, -0.2) is 4.79 Å². The molecule has 2 aromatic rings. The molecular weight excluding hydrogens is 234 g/mol. The summed E-state index contributed by atoms with van der Waals surface area (Å²) in [5, 5.41) is 3.79. The number of nitrogens with zero attached hydrogens (tertiary/aromatic N) is 3. The average Bonchev–Trinajstić information content (AvgIpc) is 2.77. The standard InChI is InChI=1S/C12H15N3O3/c1-17-8-3-2-7-15-11(14-18-12(15)16)10-5-4-6-13-9-10/h4-6,9H,2-3,7-8H2,1H3. The van der Waals surface area contributed by atoms with Crippen molar-refractivity contribution in [2.24, 2.45) is 0 Å². The third kappa shape index (κ3) is 2.84. The Morgan fingerprint density at radius 3 is 3.06 bits per heavy atom. The van der Waals surface area contributed by atoms with Gasteiger partial charge in [0.05, 0.1) is 0 Å². The first-order chi connectivity index (χ1) is 8.83. The van der Waals surface area contributed by atoms with Gasteiger partial charge in [0.15, 0.2) is 5.82 Å². The van der Waals surface area contributed by atoms with Crippen molar-refractivity contribution in [3.63, 3.8) is 0 Å². The molecule has 0 N–H and O–H groups in total. The van der Waals surface area contributed by atoms with E-state index < -0.39 is 5.76 Å².